The van der Waals surface area contributed by atoms with Gasteiger partial charge in [0.1, 0.15) is 12.4 Å². The van der Waals surface area contributed by atoms with Crippen molar-refractivity contribution >= 4 is 5.91 Å². The fourth-order valence-corrected chi connectivity index (χ4v) is 1.90. The maximum atomic E-state index is 11.9. The molecule has 0 saturated carbocycles. The lowest BCUT2D eigenvalue weighted by Gasteiger charge is -2.20. The molecule has 1 aromatic rings. The van der Waals surface area contributed by atoms with Gasteiger partial charge in [0.2, 0.25) is 5.91 Å². The number of carbonyl (C=O) groups is 1. The molecule has 0 aromatic heterocycles. The first-order valence-electron chi connectivity index (χ1n) is 7.19. The van der Waals surface area contributed by atoms with Crippen molar-refractivity contribution in [3.63, 3.8) is 0 Å². The molecule has 0 aliphatic heterocycles. The van der Waals surface area contributed by atoms with E-state index >= 15 is 0 Å². The van der Waals surface area contributed by atoms with Gasteiger partial charge in [0.05, 0.1) is 6.54 Å². The van der Waals surface area contributed by atoms with Crippen molar-refractivity contribution in [1.82, 2.24) is 10.2 Å². The van der Waals surface area contributed by atoms with E-state index in [9.17, 15) is 4.79 Å². The molecule has 0 radical (unpaired) electrons. The zero-order valence-corrected chi connectivity index (χ0v) is 13.0. The van der Waals surface area contributed by atoms with Gasteiger partial charge in [0.15, 0.2) is 0 Å². The number of amides is 1. The van der Waals surface area contributed by atoms with Gasteiger partial charge in [0, 0.05) is 19.5 Å². The van der Waals surface area contributed by atoms with Gasteiger partial charge in [-0.25, -0.2) is 0 Å². The molecule has 0 aliphatic carbocycles. The average Bonchev–Trinajstić information content (AvgIpc) is 2.41. The zero-order valence-electron chi connectivity index (χ0n) is 13.0. The van der Waals surface area contributed by atoms with E-state index in [1.54, 1.807) is 4.90 Å². The van der Waals surface area contributed by atoms with Crippen LogP contribution in [0.15, 0.2) is 24.3 Å². The molecular weight excluding hydrogens is 252 g/mol. The minimum absolute atomic E-state index is 0.144. The Morgan fingerprint density at radius 2 is 2.00 bits per heavy atom. The number of carbonyl (C=O) groups excluding carboxylic acids is 1. The fraction of sp³-hybridized carbons (Fsp3) is 0.562. The Morgan fingerprint density at radius 1 is 1.35 bits per heavy atom. The summed E-state index contributed by atoms with van der Waals surface area (Å²) in [6, 6.07) is 8.15. The van der Waals surface area contributed by atoms with Gasteiger partial charge in [-0.05, 0) is 32.5 Å². The SMILES string of the molecule is CCNC(C)CC(=O)N(C)CCOc1ccc(C)cc1. The molecule has 0 heterocycles. The Balaban J connectivity index is 2.26. The molecule has 1 aromatic carbocycles. The van der Waals surface area contributed by atoms with Crippen molar-refractivity contribution in [3.8, 4) is 5.75 Å². The first-order valence-corrected chi connectivity index (χ1v) is 7.19. The second kappa shape index (κ2) is 8.59. The van der Waals surface area contributed by atoms with E-state index in [1.807, 2.05) is 52.1 Å². The van der Waals surface area contributed by atoms with Crippen LogP contribution in [0.5, 0.6) is 5.75 Å². The minimum Gasteiger partial charge on any atom is -0.492 e. The highest BCUT2D eigenvalue weighted by molar-refractivity contribution is 5.76. The number of benzene rings is 1. The summed E-state index contributed by atoms with van der Waals surface area (Å²) in [5, 5.41) is 3.24. The van der Waals surface area contributed by atoms with Gasteiger partial charge >= 0.3 is 0 Å². The second-order valence-electron chi connectivity index (χ2n) is 5.14. The van der Waals surface area contributed by atoms with Crippen LogP contribution in [-0.2, 0) is 4.79 Å². The van der Waals surface area contributed by atoms with Crippen LogP contribution in [0, 0.1) is 6.92 Å². The highest BCUT2D eigenvalue weighted by Gasteiger charge is 2.12. The minimum atomic E-state index is 0.144. The zero-order chi connectivity index (χ0) is 15.0. The second-order valence-corrected chi connectivity index (χ2v) is 5.14. The maximum Gasteiger partial charge on any atom is 0.223 e. The molecule has 1 unspecified atom stereocenters. The van der Waals surface area contributed by atoms with E-state index in [0.29, 0.717) is 19.6 Å². The van der Waals surface area contributed by atoms with Crippen LogP contribution in [0.25, 0.3) is 0 Å². The number of likely N-dealkylation sites (N-methyl/N-ethyl adjacent to an activating group) is 1. The molecule has 1 amide bonds. The summed E-state index contributed by atoms with van der Waals surface area (Å²) >= 11 is 0. The third-order valence-electron chi connectivity index (χ3n) is 3.18. The number of ether oxygens (including phenoxy) is 1. The third-order valence-corrected chi connectivity index (χ3v) is 3.18. The molecule has 4 heteroatoms. The smallest absolute Gasteiger partial charge is 0.223 e. The lowest BCUT2D eigenvalue weighted by molar-refractivity contribution is -0.130. The summed E-state index contributed by atoms with van der Waals surface area (Å²) < 4.78 is 5.62. The van der Waals surface area contributed by atoms with Crippen molar-refractivity contribution in [1.29, 1.82) is 0 Å². The van der Waals surface area contributed by atoms with Crippen molar-refractivity contribution in [2.24, 2.45) is 0 Å². The monoisotopic (exact) mass is 278 g/mol. The number of hydrogen-bond acceptors (Lipinski definition) is 3. The molecule has 112 valence electrons. The van der Waals surface area contributed by atoms with Crippen LogP contribution in [0.4, 0.5) is 0 Å². The van der Waals surface area contributed by atoms with E-state index in [0.717, 1.165) is 12.3 Å². The van der Waals surface area contributed by atoms with E-state index < -0.39 is 0 Å². The molecule has 0 fully saturated rings. The lowest BCUT2D eigenvalue weighted by atomic mass is 10.2. The molecule has 0 saturated heterocycles. The Kier molecular flexibility index (Phi) is 7.09. The highest BCUT2D eigenvalue weighted by Crippen LogP contribution is 2.11. The Labute approximate surface area is 122 Å². The molecule has 20 heavy (non-hydrogen) atoms. The van der Waals surface area contributed by atoms with Crippen LogP contribution >= 0.6 is 0 Å². The normalized spacial score (nSPS) is 12.0. The molecular formula is C16H26N2O2. The predicted octanol–water partition coefficient (Wildman–Crippen LogP) is 2.22. The summed E-state index contributed by atoms with van der Waals surface area (Å²) in [6.07, 6.45) is 0.523. The Morgan fingerprint density at radius 3 is 2.60 bits per heavy atom. The van der Waals surface area contributed by atoms with E-state index in [4.69, 9.17) is 4.74 Å². The van der Waals surface area contributed by atoms with Gasteiger partial charge in [-0.3, -0.25) is 4.79 Å². The molecule has 4 nitrogen and oxygen atoms in total. The molecule has 1 N–H and O–H groups in total. The number of nitrogens with zero attached hydrogens (tertiary/aromatic N) is 1. The number of aryl methyl sites for hydroxylation is 1. The number of hydrogen-bond donors (Lipinski definition) is 1. The van der Waals surface area contributed by atoms with Crippen molar-refractivity contribution < 1.29 is 9.53 Å². The highest BCUT2D eigenvalue weighted by atomic mass is 16.5. The predicted molar refractivity (Wildman–Crippen MR) is 82.1 cm³/mol. The van der Waals surface area contributed by atoms with Gasteiger partial charge in [-0.1, -0.05) is 24.6 Å². The molecule has 0 aliphatic rings. The van der Waals surface area contributed by atoms with Crippen LogP contribution in [0.2, 0.25) is 0 Å². The summed E-state index contributed by atoms with van der Waals surface area (Å²) in [7, 11) is 1.82. The summed E-state index contributed by atoms with van der Waals surface area (Å²) in [4.78, 5) is 13.7. The van der Waals surface area contributed by atoms with Crippen LogP contribution in [0.3, 0.4) is 0 Å². The lowest BCUT2D eigenvalue weighted by Crippen LogP contribution is -2.36. The van der Waals surface area contributed by atoms with Gasteiger partial charge in [-0.2, -0.15) is 0 Å². The molecule has 1 rings (SSSR count). The largest absolute Gasteiger partial charge is 0.492 e. The fourth-order valence-electron chi connectivity index (χ4n) is 1.90. The van der Waals surface area contributed by atoms with Crippen LogP contribution in [0.1, 0.15) is 25.8 Å². The summed E-state index contributed by atoms with van der Waals surface area (Å²) in [5.41, 5.74) is 1.21. The van der Waals surface area contributed by atoms with E-state index in [1.165, 1.54) is 5.56 Å². The number of nitrogens with one attached hydrogen (secondary N) is 1. The van der Waals surface area contributed by atoms with Crippen molar-refractivity contribution in [2.75, 3.05) is 26.7 Å². The standard InChI is InChI=1S/C16H26N2O2/c1-5-17-14(3)12-16(19)18(4)10-11-20-15-8-6-13(2)7-9-15/h6-9,14,17H,5,10-12H2,1-4H3. The molecule has 1 atom stereocenters. The van der Waals surface area contributed by atoms with Crippen LogP contribution in [-0.4, -0.2) is 43.6 Å². The van der Waals surface area contributed by atoms with E-state index in [-0.39, 0.29) is 11.9 Å². The molecule has 0 bridgehead atoms. The first kappa shape index (κ1) is 16.5. The van der Waals surface area contributed by atoms with Gasteiger partial charge in [-0.15, -0.1) is 0 Å². The van der Waals surface area contributed by atoms with Crippen molar-refractivity contribution in [2.45, 2.75) is 33.2 Å². The maximum absolute atomic E-state index is 11.9. The quantitative estimate of drug-likeness (QED) is 0.793. The average molecular weight is 278 g/mol. The third kappa shape index (κ3) is 6.06. The van der Waals surface area contributed by atoms with Gasteiger partial charge < -0.3 is 15.0 Å². The van der Waals surface area contributed by atoms with Gasteiger partial charge in [0.25, 0.3) is 0 Å². The van der Waals surface area contributed by atoms with E-state index in [2.05, 4.69) is 5.32 Å². The van der Waals surface area contributed by atoms with Crippen LogP contribution < -0.4 is 10.1 Å². The summed E-state index contributed by atoms with van der Waals surface area (Å²) in [5.74, 6) is 0.989. The Hall–Kier alpha value is -1.55. The molecule has 0 spiro atoms. The van der Waals surface area contributed by atoms with Crippen molar-refractivity contribution in [3.05, 3.63) is 29.8 Å². The topological polar surface area (TPSA) is 41.6 Å². The Bertz CT molecular complexity index is 403. The first-order chi connectivity index (χ1) is 9.52. The number of rotatable bonds is 8. The summed E-state index contributed by atoms with van der Waals surface area (Å²) in [6.45, 7) is 8.11.